The molecule has 0 aliphatic heterocycles. The molecule has 5 heteroatoms. The fourth-order valence-corrected chi connectivity index (χ4v) is 1.39. The first-order valence-electron chi connectivity index (χ1n) is 5.24. The first-order valence-corrected chi connectivity index (χ1v) is 5.24. The van der Waals surface area contributed by atoms with Crippen molar-refractivity contribution in [1.82, 2.24) is 20.6 Å². The van der Waals surface area contributed by atoms with Crippen LogP contribution in [0.5, 0.6) is 0 Å². The van der Waals surface area contributed by atoms with Gasteiger partial charge >= 0.3 is 0 Å². The molecule has 3 aromatic rings. The number of halogens is 1. The van der Waals surface area contributed by atoms with Gasteiger partial charge in [-0.25, -0.2) is 5.10 Å². The van der Waals surface area contributed by atoms with Crippen molar-refractivity contribution in [2.45, 2.75) is 0 Å². The summed E-state index contributed by atoms with van der Waals surface area (Å²) in [4.78, 5) is 0. The fourth-order valence-electron chi connectivity index (χ4n) is 1.39. The number of nitrogens with one attached hydrogen (secondary N) is 1. The minimum absolute atomic E-state index is 0. The highest BCUT2D eigenvalue weighted by molar-refractivity contribution is 8.93. The van der Waals surface area contributed by atoms with Crippen molar-refractivity contribution >= 4 is 17.0 Å². The third kappa shape index (κ3) is 4.47. The average Bonchev–Trinajstić information content (AvgIpc) is 3.00. The monoisotopic (exact) mass is 304 g/mol. The second-order valence-corrected chi connectivity index (χ2v) is 3.30. The van der Waals surface area contributed by atoms with Crippen LogP contribution in [0.1, 0.15) is 0 Å². The topological polar surface area (TPSA) is 54.5 Å². The Morgan fingerprint density at radius 3 is 1.50 bits per heavy atom. The normalized spacial score (nSPS) is 8.67. The summed E-state index contributed by atoms with van der Waals surface area (Å²) in [5, 5.41) is 12.1. The van der Waals surface area contributed by atoms with Gasteiger partial charge in [0.1, 0.15) is 6.33 Å². The minimum atomic E-state index is 0. The van der Waals surface area contributed by atoms with Crippen molar-refractivity contribution in [3.05, 3.63) is 67.0 Å². The zero-order valence-electron chi connectivity index (χ0n) is 9.60. The molecule has 2 aromatic carbocycles. The third-order valence-electron chi connectivity index (χ3n) is 2.15. The number of nitrogens with zero attached hydrogens (tertiary/aromatic N) is 3. The van der Waals surface area contributed by atoms with Crippen molar-refractivity contribution in [3.63, 3.8) is 0 Å². The number of aromatic amines is 1. The maximum atomic E-state index is 3.31. The molecular formula is C13H13BrN4. The van der Waals surface area contributed by atoms with Crippen molar-refractivity contribution < 1.29 is 0 Å². The van der Waals surface area contributed by atoms with Crippen LogP contribution in [-0.2, 0) is 0 Å². The summed E-state index contributed by atoms with van der Waals surface area (Å²) < 4.78 is 0. The quantitative estimate of drug-likeness (QED) is 0.751. The predicted molar refractivity (Wildman–Crippen MR) is 76.4 cm³/mol. The van der Waals surface area contributed by atoms with Gasteiger partial charge in [0.15, 0.2) is 0 Å². The highest BCUT2D eigenvalue weighted by atomic mass is 79.9. The molecule has 18 heavy (non-hydrogen) atoms. The van der Waals surface area contributed by atoms with Gasteiger partial charge in [0, 0.05) is 0 Å². The van der Waals surface area contributed by atoms with Crippen LogP contribution >= 0.6 is 17.0 Å². The van der Waals surface area contributed by atoms with Crippen LogP contribution in [0.25, 0.3) is 11.1 Å². The van der Waals surface area contributed by atoms with Crippen LogP contribution in [0.3, 0.4) is 0 Å². The van der Waals surface area contributed by atoms with Crippen molar-refractivity contribution in [1.29, 1.82) is 0 Å². The molecule has 3 rings (SSSR count). The van der Waals surface area contributed by atoms with Crippen LogP contribution in [0.2, 0.25) is 0 Å². The molecule has 0 radical (unpaired) electrons. The lowest BCUT2D eigenvalue weighted by atomic mass is 10.1. The highest BCUT2D eigenvalue weighted by Crippen LogP contribution is 2.17. The molecule has 0 atom stereocenters. The number of hydrogen-bond donors (Lipinski definition) is 1. The first kappa shape index (κ1) is 14.1. The summed E-state index contributed by atoms with van der Waals surface area (Å²) in [5.41, 5.74) is 2.55. The first-order chi connectivity index (χ1) is 8.47. The van der Waals surface area contributed by atoms with Crippen molar-refractivity contribution in [3.8, 4) is 11.1 Å². The van der Waals surface area contributed by atoms with Gasteiger partial charge in [-0.05, 0) is 21.6 Å². The molecule has 0 aliphatic carbocycles. The summed E-state index contributed by atoms with van der Waals surface area (Å²) in [5.74, 6) is 0. The Hall–Kier alpha value is -2.01. The largest absolute Gasteiger partial charge is 0.246 e. The molecule has 4 nitrogen and oxygen atoms in total. The molecule has 1 N–H and O–H groups in total. The molecule has 0 amide bonds. The number of rotatable bonds is 1. The number of benzene rings is 2. The smallest absolute Gasteiger partial charge is 0.135 e. The van der Waals surface area contributed by atoms with E-state index in [1.165, 1.54) is 17.5 Å². The predicted octanol–water partition coefficient (Wildman–Crippen LogP) is 3.13. The molecule has 92 valence electrons. The maximum absolute atomic E-state index is 3.31. The van der Waals surface area contributed by atoms with Gasteiger partial charge in [0.2, 0.25) is 0 Å². The maximum Gasteiger partial charge on any atom is 0.135 e. The Bertz CT molecular complexity index is 456. The Morgan fingerprint density at radius 1 is 0.722 bits per heavy atom. The fraction of sp³-hybridized carbons (Fsp3) is 0. The zero-order chi connectivity index (χ0) is 11.8. The molecule has 0 unspecified atom stereocenters. The summed E-state index contributed by atoms with van der Waals surface area (Å²) in [6.07, 6.45) is 1.40. The van der Waals surface area contributed by atoms with Crippen LogP contribution < -0.4 is 0 Å². The Morgan fingerprint density at radius 2 is 1.22 bits per heavy atom. The molecule has 1 heterocycles. The summed E-state index contributed by atoms with van der Waals surface area (Å²) in [6.45, 7) is 0. The molecule has 0 saturated carbocycles. The Labute approximate surface area is 116 Å². The highest BCUT2D eigenvalue weighted by Gasteiger charge is 1.91. The van der Waals surface area contributed by atoms with Gasteiger partial charge in [-0.2, -0.15) is 0 Å². The standard InChI is InChI=1S/C12H10.CH2N4.BrH/c1-3-7-11(8-4-1)12-9-5-2-6-10-12;1-2-4-5-3-1;/h1-10H;1H,(H,2,3,4,5);1H. The molecule has 0 fully saturated rings. The summed E-state index contributed by atoms with van der Waals surface area (Å²) in [7, 11) is 0. The lowest BCUT2D eigenvalue weighted by molar-refractivity contribution is 0.881. The summed E-state index contributed by atoms with van der Waals surface area (Å²) in [6, 6.07) is 20.8. The second-order valence-electron chi connectivity index (χ2n) is 3.30. The van der Waals surface area contributed by atoms with E-state index in [0.29, 0.717) is 0 Å². The van der Waals surface area contributed by atoms with Gasteiger partial charge in [0.05, 0.1) is 0 Å². The van der Waals surface area contributed by atoms with Gasteiger partial charge < -0.3 is 0 Å². The number of hydrogen-bond acceptors (Lipinski definition) is 3. The van der Waals surface area contributed by atoms with E-state index >= 15 is 0 Å². The van der Waals surface area contributed by atoms with E-state index in [4.69, 9.17) is 0 Å². The molecule has 0 bridgehead atoms. The van der Waals surface area contributed by atoms with E-state index in [2.05, 4.69) is 69.2 Å². The molecule has 1 aromatic heterocycles. The Balaban J connectivity index is 0.000000230. The second kappa shape index (κ2) is 8.14. The zero-order valence-corrected chi connectivity index (χ0v) is 11.3. The van der Waals surface area contributed by atoms with Crippen molar-refractivity contribution in [2.75, 3.05) is 0 Å². The van der Waals surface area contributed by atoms with E-state index in [0.717, 1.165) is 0 Å². The van der Waals surface area contributed by atoms with Gasteiger partial charge in [-0.15, -0.1) is 22.1 Å². The van der Waals surface area contributed by atoms with Crippen LogP contribution in [0.15, 0.2) is 67.0 Å². The number of H-pyrrole nitrogens is 1. The van der Waals surface area contributed by atoms with E-state index in [1.54, 1.807) is 0 Å². The van der Waals surface area contributed by atoms with Crippen LogP contribution in [0, 0.1) is 0 Å². The van der Waals surface area contributed by atoms with Gasteiger partial charge in [-0.1, -0.05) is 60.7 Å². The molecule has 0 aliphatic rings. The van der Waals surface area contributed by atoms with Gasteiger partial charge in [0.25, 0.3) is 0 Å². The average molecular weight is 305 g/mol. The van der Waals surface area contributed by atoms with Crippen LogP contribution in [-0.4, -0.2) is 20.6 Å². The SMILES string of the molecule is Br.c1ccc(-c2ccccc2)cc1.c1nnn[nH]1. The minimum Gasteiger partial charge on any atom is -0.246 e. The lowest BCUT2D eigenvalue weighted by Crippen LogP contribution is -1.73. The Kier molecular flexibility index (Phi) is 6.35. The van der Waals surface area contributed by atoms with Crippen molar-refractivity contribution in [2.24, 2.45) is 0 Å². The molecule has 0 spiro atoms. The van der Waals surface area contributed by atoms with E-state index in [9.17, 15) is 0 Å². The third-order valence-corrected chi connectivity index (χ3v) is 2.15. The van der Waals surface area contributed by atoms with Gasteiger partial charge in [-0.3, -0.25) is 0 Å². The summed E-state index contributed by atoms with van der Waals surface area (Å²) >= 11 is 0. The van der Waals surface area contributed by atoms with E-state index < -0.39 is 0 Å². The van der Waals surface area contributed by atoms with E-state index in [-0.39, 0.29) is 17.0 Å². The van der Waals surface area contributed by atoms with E-state index in [1.807, 2.05) is 12.1 Å². The number of aromatic nitrogens is 4. The molecular weight excluding hydrogens is 292 g/mol. The number of tetrazole rings is 1. The molecule has 0 saturated heterocycles. The lowest BCUT2D eigenvalue weighted by Gasteiger charge is -1.98. The van der Waals surface area contributed by atoms with Crippen LogP contribution in [0.4, 0.5) is 0 Å².